The maximum absolute atomic E-state index is 12.1. The summed E-state index contributed by atoms with van der Waals surface area (Å²) in [5.74, 6) is 0.457. The largest absolute Gasteiger partial charge is 0.358 e. The lowest BCUT2D eigenvalue weighted by Crippen LogP contribution is -2.39. The maximum Gasteiger partial charge on any atom is 0.213 e. The van der Waals surface area contributed by atoms with Gasteiger partial charge in [0.2, 0.25) is 10.0 Å². The molecular formula is C16H22N2O2S. The van der Waals surface area contributed by atoms with Gasteiger partial charge in [-0.15, -0.1) is 0 Å². The summed E-state index contributed by atoms with van der Waals surface area (Å²) in [6, 6.07) is 8.53. The van der Waals surface area contributed by atoms with Crippen molar-refractivity contribution in [2.75, 3.05) is 18.8 Å². The van der Waals surface area contributed by atoms with Crippen molar-refractivity contribution in [3.8, 4) is 0 Å². The average Bonchev–Trinajstić information content (AvgIpc) is 2.90. The Balaban J connectivity index is 1.88. The summed E-state index contributed by atoms with van der Waals surface area (Å²) in [5.41, 5.74) is 3.53. The van der Waals surface area contributed by atoms with Gasteiger partial charge in [0.25, 0.3) is 0 Å². The molecule has 2 heterocycles. The predicted molar refractivity (Wildman–Crippen MR) is 86.0 cm³/mol. The highest BCUT2D eigenvalue weighted by Crippen LogP contribution is 2.30. The topological polar surface area (TPSA) is 53.2 Å². The van der Waals surface area contributed by atoms with Gasteiger partial charge >= 0.3 is 0 Å². The van der Waals surface area contributed by atoms with E-state index in [1.54, 1.807) is 11.2 Å². The number of sulfonamides is 1. The molecule has 1 atom stereocenters. The molecule has 1 fully saturated rings. The highest BCUT2D eigenvalue weighted by molar-refractivity contribution is 7.89. The van der Waals surface area contributed by atoms with E-state index in [-0.39, 0.29) is 11.7 Å². The number of nitrogens with zero attached hydrogens (tertiary/aromatic N) is 1. The van der Waals surface area contributed by atoms with E-state index in [1.807, 2.05) is 0 Å². The number of H-pyrrole nitrogens is 1. The third-order valence-corrected chi connectivity index (χ3v) is 6.23. The van der Waals surface area contributed by atoms with Crippen LogP contribution in [0.2, 0.25) is 0 Å². The third kappa shape index (κ3) is 2.85. The molecule has 3 rings (SSSR count). The number of hydrogen-bond acceptors (Lipinski definition) is 2. The smallest absolute Gasteiger partial charge is 0.213 e. The zero-order chi connectivity index (χ0) is 15.0. The highest BCUT2D eigenvalue weighted by Gasteiger charge is 2.29. The molecule has 1 aliphatic heterocycles. The van der Waals surface area contributed by atoms with Gasteiger partial charge < -0.3 is 4.98 Å². The number of aromatic amines is 1. The van der Waals surface area contributed by atoms with Crippen LogP contribution in [0.4, 0.5) is 0 Å². The van der Waals surface area contributed by atoms with Gasteiger partial charge in [-0.2, -0.15) is 0 Å². The van der Waals surface area contributed by atoms with Gasteiger partial charge in [-0.25, -0.2) is 12.7 Å². The lowest BCUT2D eigenvalue weighted by atomic mass is 9.96. The fourth-order valence-corrected chi connectivity index (χ4v) is 4.31. The number of rotatable bonds is 3. The van der Waals surface area contributed by atoms with Gasteiger partial charge in [0.05, 0.1) is 5.75 Å². The number of piperidine rings is 1. The molecule has 0 aliphatic carbocycles. The molecular weight excluding hydrogens is 284 g/mol. The van der Waals surface area contributed by atoms with Crippen molar-refractivity contribution in [2.45, 2.75) is 32.6 Å². The number of nitrogens with one attached hydrogen (secondary N) is 1. The summed E-state index contributed by atoms with van der Waals surface area (Å²) in [5, 5.41) is 1.21. The van der Waals surface area contributed by atoms with Crippen LogP contribution in [0.3, 0.4) is 0 Å². The van der Waals surface area contributed by atoms with E-state index in [0.717, 1.165) is 24.1 Å². The number of aromatic nitrogens is 1. The second kappa shape index (κ2) is 5.46. The highest BCUT2D eigenvalue weighted by atomic mass is 32.2. The van der Waals surface area contributed by atoms with Crippen molar-refractivity contribution in [3.63, 3.8) is 0 Å². The van der Waals surface area contributed by atoms with E-state index < -0.39 is 10.0 Å². The second-order valence-corrected chi connectivity index (χ2v) is 8.17. The molecule has 1 unspecified atom stereocenters. The van der Waals surface area contributed by atoms with Gasteiger partial charge in [0, 0.05) is 30.2 Å². The molecule has 114 valence electrons. The van der Waals surface area contributed by atoms with Gasteiger partial charge in [-0.1, -0.05) is 11.6 Å². The molecule has 0 bridgehead atoms. The van der Waals surface area contributed by atoms with Crippen molar-refractivity contribution in [1.29, 1.82) is 0 Å². The Morgan fingerprint density at radius 1 is 1.33 bits per heavy atom. The summed E-state index contributed by atoms with van der Waals surface area (Å²) >= 11 is 0. The Labute approximate surface area is 126 Å². The van der Waals surface area contributed by atoms with Crippen LogP contribution in [0, 0.1) is 6.92 Å². The molecule has 1 aromatic carbocycles. The third-order valence-electron chi connectivity index (χ3n) is 4.38. The van der Waals surface area contributed by atoms with E-state index in [2.05, 4.69) is 36.2 Å². The van der Waals surface area contributed by atoms with Crippen LogP contribution in [0.15, 0.2) is 24.3 Å². The van der Waals surface area contributed by atoms with Crippen LogP contribution < -0.4 is 0 Å². The Morgan fingerprint density at radius 2 is 2.14 bits per heavy atom. The number of fused-ring (bicyclic) bond motifs is 1. The monoisotopic (exact) mass is 306 g/mol. The molecule has 0 spiro atoms. The summed E-state index contributed by atoms with van der Waals surface area (Å²) in [7, 11) is -3.08. The number of benzene rings is 1. The van der Waals surface area contributed by atoms with Crippen molar-refractivity contribution < 1.29 is 8.42 Å². The number of aryl methyl sites for hydroxylation is 1. The minimum Gasteiger partial charge on any atom is -0.358 e. The average molecular weight is 306 g/mol. The Morgan fingerprint density at radius 3 is 2.90 bits per heavy atom. The zero-order valence-electron chi connectivity index (χ0n) is 12.6. The first-order valence-electron chi connectivity index (χ1n) is 7.56. The molecule has 1 aliphatic rings. The summed E-state index contributed by atoms with van der Waals surface area (Å²) < 4.78 is 25.8. The second-order valence-electron chi connectivity index (χ2n) is 5.91. The van der Waals surface area contributed by atoms with Crippen LogP contribution in [-0.4, -0.2) is 36.5 Å². The molecule has 0 amide bonds. The summed E-state index contributed by atoms with van der Waals surface area (Å²) in [6.07, 6.45) is 1.97. The summed E-state index contributed by atoms with van der Waals surface area (Å²) in [4.78, 5) is 3.46. The fraction of sp³-hybridized carbons (Fsp3) is 0.500. The van der Waals surface area contributed by atoms with Gasteiger partial charge in [-0.3, -0.25) is 0 Å². The van der Waals surface area contributed by atoms with Crippen molar-refractivity contribution in [1.82, 2.24) is 9.29 Å². The van der Waals surface area contributed by atoms with E-state index in [9.17, 15) is 8.42 Å². The minimum absolute atomic E-state index is 0.186. The molecule has 1 saturated heterocycles. The van der Waals surface area contributed by atoms with Crippen LogP contribution in [0.5, 0.6) is 0 Å². The van der Waals surface area contributed by atoms with E-state index >= 15 is 0 Å². The Bertz CT molecular complexity index is 749. The zero-order valence-corrected chi connectivity index (χ0v) is 13.4. The van der Waals surface area contributed by atoms with Crippen LogP contribution >= 0.6 is 0 Å². The molecule has 1 aromatic heterocycles. The number of hydrogen-bond donors (Lipinski definition) is 1. The molecule has 4 nitrogen and oxygen atoms in total. The standard InChI is InChI=1S/C16H22N2O2S/c1-3-21(19,20)18-8-4-5-13(11-18)16-10-14-9-12(2)6-7-15(14)17-16/h6-7,9-10,13,17H,3-5,8,11H2,1-2H3. The van der Waals surface area contributed by atoms with Crippen LogP contribution in [0.1, 0.15) is 36.9 Å². The predicted octanol–water partition coefficient (Wildman–Crippen LogP) is 3.01. The van der Waals surface area contributed by atoms with E-state index in [1.165, 1.54) is 10.9 Å². The van der Waals surface area contributed by atoms with Crippen LogP contribution in [0.25, 0.3) is 10.9 Å². The van der Waals surface area contributed by atoms with Crippen LogP contribution in [-0.2, 0) is 10.0 Å². The van der Waals surface area contributed by atoms with Gasteiger partial charge in [0.1, 0.15) is 0 Å². The Hall–Kier alpha value is -1.33. The quantitative estimate of drug-likeness (QED) is 0.947. The van der Waals surface area contributed by atoms with Gasteiger partial charge in [-0.05, 0) is 50.3 Å². The molecule has 5 heteroatoms. The molecule has 2 aromatic rings. The van der Waals surface area contributed by atoms with Gasteiger partial charge in [0.15, 0.2) is 0 Å². The first-order chi connectivity index (χ1) is 9.99. The molecule has 0 radical (unpaired) electrons. The lowest BCUT2D eigenvalue weighted by molar-refractivity contribution is 0.314. The first kappa shape index (κ1) is 14.6. The summed E-state index contributed by atoms with van der Waals surface area (Å²) in [6.45, 7) is 5.06. The fourth-order valence-electron chi connectivity index (χ4n) is 3.13. The van der Waals surface area contributed by atoms with E-state index in [0.29, 0.717) is 13.1 Å². The van der Waals surface area contributed by atoms with E-state index in [4.69, 9.17) is 0 Å². The maximum atomic E-state index is 12.1. The van der Waals surface area contributed by atoms with Crippen molar-refractivity contribution in [3.05, 3.63) is 35.5 Å². The van der Waals surface area contributed by atoms with Crippen molar-refractivity contribution >= 4 is 20.9 Å². The first-order valence-corrected chi connectivity index (χ1v) is 9.17. The lowest BCUT2D eigenvalue weighted by Gasteiger charge is -2.31. The Kier molecular flexibility index (Phi) is 3.80. The molecule has 1 N–H and O–H groups in total. The normalized spacial score (nSPS) is 21.0. The molecule has 0 saturated carbocycles. The SMILES string of the molecule is CCS(=O)(=O)N1CCCC(c2cc3cc(C)ccc3[nH]2)C1. The van der Waals surface area contributed by atoms with Crippen molar-refractivity contribution in [2.24, 2.45) is 0 Å². The molecule has 21 heavy (non-hydrogen) atoms. The minimum atomic E-state index is -3.08.